The largest absolute Gasteiger partial charge is 0.382 e. The van der Waals surface area contributed by atoms with Crippen molar-refractivity contribution in [2.24, 2.45) is 0 Å². The van der Waals surface area contributed by atoms with E-state index in [-0.39, 0.29) is 12.5 Å². The maximum Gasteiger partial charge on any atom is 0.241 e. The van der Waals surface area contributed by atoms with Crippen LogP contribution in [-0.2, 0) is 17.9 Å². The average molecular weight is 255 g/mol. The zero-order valence-corrected chi connectivity index (χ0v) is 10.2. The van der Waals surface area contributed by atoms with Crippen molar-refractivity contribution < 1.29 is 4.79 Å². The smallest absolute Gasteiger partial charge is 0.241 e. The van der Waals surface area contributed by atoms with Gasteiger partial charge in [0, 0.05) is 12.7 Å². The molecule has 3 N–H and O–H groups in total. The summed E-state index contributed by atoms with van der Waals surface area (Å²) in [6, 6.07) is 10.8. The number of amides is 1. The van der Waals surface area contributed by atoms with E-state index < -0.39 is 0 Å². The molecule has 0 spiro atoms. The standard InChI is InChI=1S/C13H13N5O/c14-7-10-2-1-3-11(6-10)8-16-13(19)9-18-5-4-12(15)17-18/h1-6H,8-9H2,(H2,15,17)(H,16,19). The van der Waals surface area contributed by atoms with Gasteiger partial charge in [-0.1, -0.05) is 12.1 Å². The third kappa shape index (κ3) is 3.57. The minimum Gasteiger partial charge on any atom is -0.382 e. The number of hydrogen-bond donors (Lipinski definition) is 2. The van der Waals surface area contributed by atoms with Gasteiger partial charge in [-0.25, -0.2) is 0 Å². The van der Waals surface area contributed by atoms with Crippen LogP contribution in [0.1, 0.15) is 11.1 Å². The predicted molar refractivity (Wildman–Crippen MR) is 69.6 cm³/mol. The molecule has 0 bridgehead atoms. The number of nitrogens with one attached hydrogen (secondary N) is 1. The number of nitrogens with zero attached hydrogens (tertiary/aromatic N) is 3. The highest BCUT2D eigenvalue weighted by Gasteiger charge is 2.04. The van der Waals surface area contributed by atoms with Crippen molar-refractivity contribution in [3.63, 3.8) is 0 Å². The molecule has 6 nitrogen and oxygen atoms in total. The molecule has 0 aliphatic heterocycles. The molecule has 1 aromatic heterocycles. The molecule has 2 aromatic rings. The maximum atomic E-state index is 11.7. The van der Waals surface area contributed by atoms with E-state index in [1.165, 1.54) is 4.68 Å². The SMILES string of the molecule is N#Cc1cccc(CNC(=O)Cn2ccc(N)n2)c1. The summed E-state index contributed by atoms with van der Waals surface area (Å²) in [6.07, 6.45) is 1.64. The van der Waals surface area contributed by atoms with Gasteiger partial charge in [0.1, 0.15) is 12.4 Å². The molecule has 1 heterocycles. The Bertz CT molecular complexity index is 626. The van der Waals surface area contributed by atoms with Crippen LogP contribution in [0, 0.1) is 11.3 Å². The zero-order valence-electron chi connectivity index (χ0n) is 10.2. The second-order valence-corrected chi connectivity index (χ2v) is 4.03. The molecule has 0 fully saturated rings. The van der Waals surface area contributed by atoms with Gasteiger partial charge in [-0.3, -0.25) is 9.48 Å². The van der Waals surface area contributed by atoms with Crippen LogP contribution in [0.5, 0.6) is 0 Å². The third-order valence-corrected chi connectivity index (χ3v) is 2.51. The van der Waals surface area contributed by atoms with Gasteiger partial charge >= 0.3 is 0 Å². The van der Waals surface area contributed by atoms with Crippen LogP contribution in [0.25, 0.3) is 0 Å². The molecule has 0 atom stereocenters. The number of carbonyl (C=O) groups excluding carboxylic acids is 1. The molecule has 2 rings (SSSR count). The molecule has 0 saturated heterocycles. The molecular formula is C13H13N5O. The quantitative estimate of drug-likeness (QED) is 0.838. The summed E-state index contributed by atoms with van der Waals surface area (Å²) in [7, 11) is 0. The van der Waals surface area contributed by atoms with Crippen LogP contribution >= 0.6 is 0 Å². The minimum atomic E-state index is -0.162. The number of benzene rings is 1. The van der Waals surface area contributed by atoms with E-state index in [9.17, 15) is 4.79 Å². The van der Waals surface area contributed by atoms with Crippen molar-refractivity contribution in [2.45, 2.75) is 13.1 Å². The van der Waals surface area contributed by atoms with Crippen molar-refractivity contribution in [3.8, 4) is 6.07 Å². The van der Waals surface area contributed by atoms with Gasteiger partial charge in [0.2, 0.25) is 5.91 Å². The Morgan fingerprint density at radius 1 is 1.47 bits per heavy atom. The Labute approximate surface area is 110 Å². The van der Waals surface area contributed by atoms with Crippen LogP contribution in [0.2, 0.25) is 0 Å². The number of nitrogen functional groups attached to an aromatic ring is 1. The van der Waals surface area contributed by atoms with Gasteiger partial charge in [0.25, 0.3) is 0 Å². The Hall–Kier alpha value is -2.81. The summed E-state index contributed by atoms with van der Waals surface area (Å²) in [4.78, 5) is 11.7. The van der Waals surface area contributed by atoms with Gasteiger partial charge in [-0.15, -0.1) is 0 Å². The average Bonchev–Trinajstić information content (AvgIpc) is 2.82. The van der Waals surface area contributed by atoms with Crippen molar-refractivity contribution in [2.75, 3.05) is 5.73 Å². The fourth-order valence-electron chi connectivity index (χ4n) is 1.62. The molecule has 96 valence electrons. The van der Waals surface area contributed by atoms with E-state index in [0.29, 0.717) is 17.9 Å². The van der Waals surface area contributed by atoms with E-state index in [1.54, 1.807) is 30.5 Å². The van der Waals surface area contributed by atoms with E-state index in [1.807, 2.05) is 6.07 Å². The maximum absolute atomic E-state index is 11.7. The first-order chi connectivity index (χ1) is 9.17. The normalized spacial score (nSPS) is 9.84. The molecule has 6 heteroatoms. The first-order valence-corrected chi connectivity index (χ1v) is 5.72. The molecule has 0 unspecified atom stereocenters. The predicted octanol–water partition coefficient (Wildman–Crippen LogP) is 0.653. The van der Waals surface area contributed by atoms with Crippen LogP contribution < -0.4 is 11.1 Å². The summed E-state index contributed by atoms with van der Waals surface area (Å²) in [5.74, 6) is 0.222. The fourth-order valence-corrected chi connectivity index (χ4v) is 1.62. The number of nitrogens with two attached hydrogens (primary N) is 1. The van der Waals surface area contributed by atoms with Crippen LogP contribution in [0.3, 0.4) is 0 Å². The van der Waals surface area contributed by atoms with Gasteiger partial charge in [0.15, 0.2) is 0 Å². The van der Waals surface area contributed by atoms with Crippen LogP contribution in [0.4, 0.5) is 5.82 Å². The summed E-state index contributed by atoms with van der Waals surface area (Å²) >= 11 is 0. The van der Waals surface area contributed by atoms with E-state index in [2.05, 4.69) is 16.5 Å². The number of hydrogen-bond acceptors (Lipinski definition) is 4. The highest BCUT2D eigenvalue weighted by molar-refractivity contribution is 5.75. The highest BCUT2D eigenvalue weighted by atomic mass is 16.2. The number of aromatic nitrogens is 2. The molecule has 1 aromatic carbocycles. The summed E-state index contributed by atoms with van der Waals surface area (Å²) < 4.78 is 1.47. The Morgan fingerprint density at radius 2 is 2.32 bits per heavy atom. The monoisotopic (exact) mass is 255 g/mol. The van der Waals surface area contributed by atoms with E-state index in [4.69, 9.17) is 11.0 Å². The number of rotatable bonds is 4. The lowest BCUT2D eigenvalue weighted by molar-refractivity contribution is -0.122. The van der Waals surface area contributed by atoms with Crippen molar-refractivity contribution in [3.05, 3.63) is 47.7 Å². The third-order valence-electron chi connectivity index (χ3n) is 2.51. The fraction of sp³-hybridized carbons (Fsp3) is 0.154. The topological polar surface area (TPSA) is 96.7 Å². The molecule has 0 saturated carbocycles. The number of nitriles is 1. The van der Waals surface area contributed by atoms with Crippen molar-refractivity contribution >= 4 is 11.7 Å². The Kier molecular flexibility index (Phi) is 3.78. The van der Waals surface area contributed by atoms with E-state index >= 15 is 0 Å². The second-order valence-electron chi connectivity index (χ2n) is 4.03. The van der Waals surface area contributed by atoms with Crippen molar-refractivity contribution in [1.82, 2.24) is 15.1 Å². The van der Waals surface area contributed by atoms with Gasteiger partial charge in [-0.2, -0.15) is 10.4 Å². The lowest BCUT2D eigenvalue weighted by Crippen LogP contribution is -2.27. The summed E-state index contributed by atoms with van der Waals surface area (Å²) in [6.45, 7) is 0.500. The van der Waals surface area contributed by atoms with E-state index in [0.717, 1.165) is 5.56 Å². The Morgan fingerprint density at radius 3 is 3.00 bits per heavy atom. The molecule has 0 radical (unpaired) electrons. The van der Waals surface area contributed by atoms with Crippen LogP contribution in [0.15, 0.2) is 36.5 Å². The van der Waals surface area contributed by atoms with Gasteiger partial charge in [-0.05, 0) is 23.8 Å². The second kappa shape index (κ2) is 5.69. The molecule has 19 heavy (non-hydrogen) atoms. The summed E-state index contributed by atoms with van der Waals surface area (Å²) in [5.41, 5.74) is 6.91. The molecule has 1 amide bonds. The lowest BCUT2D eigenvalue weighted by Gasteiger charge is -2.05. The molecular weight excluding hydrogens is 242 g/mol. The number of carbonyl (C=O) groups is 1. The first-order valence-electron chi connectivity index (χ1n) is 5.72. The van der Waals surface area contributed by atoms with Crippen molar-refractivity contribution in [1.29, 1.82) is 5.26 Å². The zero-order chi connectivity index (χ0) is 13.7. The first kappa shape index (κ1) is 12.6. The lowest BCUT2D eigenvalue weighted by atomic mass is 10.1. The van der Waals surface area contributed by atoms with Gasteiger partial charge in [0.05, 0.1) is 11.6 Å². The van der Waals surface area contributed by atoms with Gasteiger partial charge < -0.3 is 11.1 Å². The highest BCUT2D eigenvalue weighted by Crippen LogP contribution is 2.03. The van der Waals surface area contributed by atoms with Crippen LogP contribution in [-0.4, -0.2) is 15.7 Å². The molecule has 0 aliphatic carbocycles. The molecule has 0 aliphatic rings. The summed E-state index contributed by atoms with van der Waals surface area (Å²) in [5, 5.41) is 15.5. The minimum absolute atomic E-state index is 0.120. The number of anilines is 1. The Balaban J connectivity index is 1.88.